The molecule has 26 heavy (non-hydrogen) atoms. The minimum Gasteiger partial charge on any atom is -0.370 e. The van der Waals surface area contributed by atoms with Gasteiger partial charge in [-0.05, 0) is 53.3 Å². The van der Waals surface area contributed by atoms with E-state index in [1.165, 1.54) is 5.56 Å². The average molecular weight is 349 g/mol. The number of carbonyl (C=O) groups excluding carboxylic acids is 1. The van der Waals surface area contributed by atoms with Crippen molar-refractivity contribution >= 4 is 12.0 Å². The van der Waals surface area contributed by atoms with E-state index in [9.17, 15) is 4.79 Å². The van der Waals surface area contributed by atoms with Crippen molar-refractivity contribution in [3.8, 4) is 17.2 Å². The Balaban J connectivity index is 0.00000243. The Morgan fingerprint density at radius 2 is 2.00 bits per heavy atom. The van der Waals surface area contributed by atoms with Crippen molar-refractivity contribution in [3.63, 3.8) is 0 Å². The van der Waals surface area contributed by atoms with Gasteiger partial charge in [-0.2, -0.15) is 10.3 Å². The van der Waals surface area contributed by atoms with E-state index < -0.39 is 6.03 Å². The van der Waals surface area contributed by atoms with Crippen LogP contribution in [0, 0.1) is 18.3 Å². The van der Waals surface area contributed by atoms with E-state index in [4.69, 9.17) is 16.7 Å². The van der Waals surface area contributed by atoms with Crippen LogP contribution >= 0.6 is 0 Å². The number of rotatable bonds is 1. The van der Waals surface area contributed by atoms with E-state index in [1.807, 2.05) is 37.3 Å². The van der Waals surface area contributed by atoms with Gasteiger partial charge in [-0.1, -0.05) is 31.7 Å². The maximum atomic E-state index is 12.2. The second-order valence-electron chi connectivity index (χ2n) is 6.08. The maximum Gasteiger partial charge on any atom is 0.347 e. The molecule has 0 bridgehead atoms. The molecule has 0 saturated carbocycles. The van der Waals surface area contributed by atoms with E-state index in [1.54, 1.807) is 4.90 Å². The molecule has 2 aromatic carbocycles. The maximum absolute atomic E-state index is 12.2. The summed E-state index contributed by atoms with van der Waals surface area (Å²) in [5.74, 6) is -0.230. The van der Waals surface area contributed by atoms with Crippen molar-refractivity contribution < 1.29 is 4.79 Å². The molecule has 2 aromatic rings. The number of hydrogen-bond acceptors (Lipinski definition) is 2. The zero-order chi connectivity index (χ0) is 18.0. The number of aryl methyl sites for hydroxylation is 1. The van der Waals surface area contributed by atoms with Gasteiger partial charge in [0.25, 0.3) is 0 Å². The van der Waals surface area contributed by atoms with Gasteiger partial charge in [0.15, 0.2) is 5.96 Å². The first-order chi connectivity index (χ1) is 12.0. The summed E-state index contributed by atoms with van der Waals surface area (Å²) >= 11 is 0. The zero-order valence-corrected chi connectivity index (χ0v) is 14.0. The number of urea groups is 1. The molecule has 1 aliphatic heterocycles. The Bertz CT molecular complexity index is 907. The molecule has 0 aromatic heterocycles. The number of aliphatic imine (C=N–C) groups is 1. The number of hydrogen-bond donors (Lipinski definition) is 2. The van der Waals surface area contributed by atoms with Crippen LogP contribution in [0.5, 0.6) is 0 Å². The van der Waals surface area contributed by atoms with Crippen molar-refractivity contribution in [2.24, 2.45) is 16.5 Å². The van der Waals surface area contributed by atoms with Gasteiger partial charge < -0.3 is 16.4 Å². The molecule has 4 N–H and O–H groups in total. The summed E-state index contributed by atoms with van der Waals surface area (Å²) in [5, 5.41) is 9.06. The van der Waals surface area contributed by atoms with Gasteiger partial charge in [0.1, 0.15) is 0 Å². The summed E-state index contributed by atoms with van der Waals surface area (Å²) in [5.41, 5.74) is 16.7. The van der Waals surface area contributed by atoms with Crippen molar-refractivity contribution in [1.82, 2.24) is 4.90 Å². The fraction of sp³-hybridized carbons (Fsp3) is 0.250. The average Bonchev–Trinajstić information content (AvgIpc) is 2.60. The molecule has 0 spiro atoms. The topological polar surface area (TPSA) is 108 Å². The molecule has 0 aliphatic carbocycles. The first-order valence-electron chi connectivity index (χ1n) is 8.00. The fourth-order valence-electron chi connectivity index (χ4n) is 3.21. The first kappa shape index (κ1) is 19.0. The van der Waals surface area contributed by atoms with Crippen LogP contribution in [0.4, 0.5) is 4.79 Å². The van der Waals surface area contributed by atoms with Gasteiger partial charge in [-0.25, -0.2) is 4.79 Å². The molecular weight excluding hydrogens is 326 g/mol. The van der Waals surface area contributed by atoms with Crippen molar-refractivity contribution in [1.29, 1.82) is 5.26 Å². The number of benzene rings is 2. The minimum atomic E-state index is -0.419. The standard InChI is InChI=1S/C19H19N5O.CH4/c1-12-9-13(10-20)5-6-15(12)16-4-2-3-14-7-8-24(11-17(14)16)19(25)23-18(21)22;/h2-6,9H,7-8,11H2,1H3,(H4,21,22,23,25);1H4. The van der Waals surface area contributed by atoms with Crippen LogP contribution in [0.2, 0.25) is 0 Å². The third-order valence-electron chi connectivity index (χ3n) is 4.41. The first-order valence-corrected chi connectivity index (χ1v) is 8.00. The summed E-state index contributed by atoms with van der Waals surface area (Å²) in [7, 11) is 0. The normalized spacial score (nSPS) is 12.4. The highest BCUT2D eigenvalue weighted by molar-refractivity contribution is 5.90. The van der Waals surface area contributed by atoms with E-state index in [2.05, 4.69) is 17.1 Å². The number of amides is 2. The predicted molar refractivity (Wildman–Crippen MR) is 103 cm³/mol. The molecule has 134 valence electrons. The van der Waals surface area contributed by atoms with Crippen LogP contribution in [-0.4, -0.2) is 23.4 Å². The summed E-state index contributed by atoms with van der Waals surface area (Å²) < 4.78 is 0. The van der Waals surface area contributed by atoms with Gasteiger partial charge in [0.2, 0.25) is 0 Å². The van der Waals surface area contributed by atoms with Gasteiger partial charge in [-0.3, -0.25) is 0 Å². The van der Waals surface area contributed by atoms with E-state index >= 15 is 0 Å². The summed E-state index contributed by atoms with van der Waals surface area (Å²) in [6.45, 7) is 3.03. The Morgan fingerprint density at radius 3 is 2.65 bits per heavy atom. The quantitative estimate of drug-likeness (QED) is 0.609. The highest BCUT2D eigenvalue weighted by atomic mass is 16.2. The number of nitriles is 1. The number of guanidine groups is 1. The molecule has 0 atom stereocenters. The lowest BCUT2D eigenvalue weighted by Gasteiger charge is -2.29. The Kier molecular flexibility index (Phi) is 5.63. The van der Waals surface area contributed by atoms with Crippen LogP contribution in [-0.2, 0) is 13.0 Å². The van der Waals surface area contributed by atoms with E-state index in [0.717, 1.165) is 28.7 Å². The summed E-state index contributed by atoms with van der Waals surface area (Å²) in [6, 6.07) is 13.5. The Hall–Kier alpha value is -3.33. The Morgan fingerprint density at radius 1 is 1.23 bits per heavy atom. The number of carbonyl (C=O) groups is 1. The Labute approximate surface area is 153 Å². The SMILES string of the molecule is C.Cc1cc(C#N)ccc1-c1cccc2c1CN(C(=O)N=C(N)N)CC2. The van der Waals surface area contributed by atoms with Crippen molar-refractivity contribution in [2.45, 2.75) is 27.3 Å². The molecule has 0 saturated heterocycles. The lowest BCUT2D eigenvalue weighted by Crippen LogP contribution is -2.36. The molecule has 2 amide bonds. The molecule has 1 aliphatic rings. The molecule has 0 fully saturated rings. The third kappa shape index (κ3) is 3.67. The van der Waals surface area contributed by atoms with Crippen LogP contribution in [0.3, 0.4) is 0 Å². The smallest absolute Gasteiger partial charge is 0.347 e. The molecule has 6 heteroatoms. The number of nitrogens with zero attached hydrogens (tertiary/aromatic N) is 3. The van der Waals surface area contributed by atoms with Gasteiger partial charge >= 0.3 is 6.03 Å². The molecule has 0 unspecified atom stereocenters. The van der Waals surface area contributed by atoms with Gasteiger partial charge in [-0.15, -0.1) is 0 Å². The summed E-state index contributed by atoms with van der Waals surface area (Å²) in [6.07, 6.45) is 0.754. The highest BCUT2D eigenvalue weighted by Gasteiger charge is 2.23. The van der Waals surface area contributed by atoms with Crippen LogP contribution in [0.1, 0.15) is 29.7 Å². The largest absolute Gasteiger partial charge is 0.370 e. The molecule has 6 nitrogen and oxygen atoms in total. The van der Waals surface area contributed by atoms with E-state index in [0.29, 0.717) is 18.7 Å². The van der Waals surface area contributed by atoms with Gasteiger partial charge in [0.05, 0.1) is 11.6 Å². The molecule has 1 heterocycles. The highest BCUT2D eigenvalue weighted by Crippen LogP contribution is 2.33. The van der Waals surface area contributed by atoms with Crippen molar-refractivity contribution in [2.75, 3.05) is 6.54 Å². The fourth-order valence-corrected chi connectivity index (χ4v) is 3.21. The zero-order valence-electron chi connectivity index (χ0n) is 14.0. The van der Waals surface area contributed by atoms with Crippen LogP contribution in [0.15, 0.2) is 41.4 Å². The predicted octanol–water partition coefficient (Wildman–Crippen LogP) is 2.92. The molecule has 3 rings (SSSR count). The van der Waals surface area contributed by atoms with Crippen molar-refractivity contribution in [3.05, 3.63) is 58.7 Å². The molecule has 0 radical (unpaired) electrons. The van der Waals surface area contributed by atoms with Gasteiger partial charge in [0, 0.05) is 13.1 Å². The summed E-state index contributed by atoms with van der Waals surface area (Å²) in [4.78, 5) is 17.4. The lowest BCUT2D eigenvalue weighted by molar-refractivity contribution is 0.203. The molecular formula is C20H23N5O. The monoisotopic (exact) mass is 349 g/mol. The number of nitrogens with two attached hydrogens (primary N) is 2. The van der Waals surface area contributed by atoms with Crippen LogP contribution in [0.25, 0.3) is 11.1 Å². The second-order valence-corrected chi connectivity index (χ2v) is 6.08. The minimum absolute atomic E-state index is 0. The number of fused-ring (bicyclic) bond motifs is 1. The van der Waals surface area contributed by atoms with Crippen LogP contribution < -0.4 is 11.5 Å². The third-order valence-corrected chi connectivity index (χ3v) is 4.41. The second kappa shape index (κ2) is 7.70. The lowest BCUT2D eigenvalue weighted by atomic mass is 9.89. The van der Waals surface area contributed by atoms with E-state index in [-0.39, 0.29) is 13.4 Å².